The minimum Gasteiger partial charge on any atom is -0.388 e. The van der Waals surface area contributed by atoms with Gasteiger partial charge in [-0.2, -0.15) is 4.37 Å². The van der Waals surface area contributed by atoms with Crippen LogP contribution in [0.4, 0.5) is 10.8 Å². The third kappa shape index (κ3) is 2.33. The molecule has 0 radical (unpaired) electrons. The van der Waals surface area contributed by atoms with Crippen LogP contribution in [0, 0.1) is 6.92 Å². The maximum absolute atomic E-state index is 10.1. The van der Waals surface area contributed by atoms with E-state index in [1.807, 2.05) is 19.2 Å². The molecular weight excluding hydrogens is 280 g/mol. The van der Waals surface area contributed by atoms with Crippen molar-refractivity contribution in [1.82, 2.24) is 9.36 Å². The lowest BCUT2D eigenvalue weighted by atomic mass is 10.1. The van der Waals surface area contributed by atoms with Crippen LogP contribution in [-0.2, 0) is 0 Å². The predicted octanol–water partition coefficient (Wildman–Crippen LogP) is 2.12. The number of rotatable bonds is 2. The van der Waals surface area contributed by atoms with Crippen molar-refractivity contribution in [2.75, 3.05) is 23.7 Å². The number of nitrogen functional groups attached to an aromatic ring is 1. The van der Waals surface area contributed by atoms with Gasteiger partial charge in [-0.25, -0.2) is 4.98 Å². The Bertz CT molecular complexity index is 605. The smallest absolute Gasteiger partial charge is 0.148 e. The summed E-state index contributed by atoms with van der Waals surface area (Å²) in [7, 11) is 0. The molecule has 1 unspecified atom stereocenters. The van der Waals surface area contributed by atoms with Crippen molar-refractivity contribution in [3.05, 3.63) is 10.4 Å². The van der Waals surface area contributed by atoms with Crippen LogP contribution >= 0.6 is 22.9 Å². The first-order chi connectivity index (χ1) is 8.96. The van der Waals surface area contributed by atoms with E-state index < -0.39 is 5.60 Å². The van der Waals surface area contributed by atoms with E-state index in [2.05, 4.69) is 14.3 Å². The fraction of sp³-hybridized carbons (Fsp3) is 0.500. The summed E-state index contributed by atoms with van der Waals surface area (Å²) < 4.78 is 4.26. The van der Waals surface area contributed by atoms with Crippen molar-refractivity contribution < 1.29 is 5.11 Å². The van der Waals surface area contributed by atoms with Gasteiger partial charge in [0.15, 0.2) is 0 Å². The fourth-order valence-electron chi connectivity index (χ4n) is 2.35. The number of aliphatic hydroxyl groups is 1. The summed E-state index contributed by atoms with van der Waals surface area (Å²) in [5.74, 6) is 0.525. The van der Waals surface area contributed by atoms with E-state index in [0.29, 0.717) is 12.4 Å². The number of nitrogens with zero attached hydrogens (tertiary/aromatic N) is 3. The molecule has 5 nitrogen and oxygen atoms in total. The Morgan fingerprint density at radius 3 is 2.89 bits per heavy atom. The van der Waals surface area contributed by atoms with E-state index in [4.69, 9.17) is 5.73 Å². The van der Waals surface area contributed by atoms with E-state index >= 15 is 0 Å². The van der Waals surface area contributed by atoms with E-state index in [1.54, 1.807) is 11.3 Å². The first-order valence-electron chi connectivity index (χ1n) is 6.11. The highest BCUT2D eigenvalue weighted by Crippen LogP contribution is 2.41. The minimum absolute atomic E-state index is 0.525. The van der Waals surface area contributed by atoms with E-state index in [-0.39, 0.29) is 0 Å². The van der Waals surface area contributed by atoms with Crippen molar-refractivity contribution in [2.45, 2.75) is 25.9 Å². The number of aromatic nitrogens is 2. The first-order valence-corrected chi connectivity index (χ1v) is 7.76. The van der Waals surface area contributed by atoms with Crippen molar-refractivity contribution in [3.63, 3.8) is 0 Å². The molecule has 1 fully saturated rings. The number of aryl methyl sites for hydroxylation is 1. The molecule has 7 heteroatoms. The molecule has 0 amide bonds. The van der Waals surface area contributed by atoms with Gasteiger partial charge in [0.1, 0.15) is 10.8 Å². The Hall–Kier alpha value is -1.18. The third-order valence-corrected chi connectivity index (χ3v) is 5.01. The maximum atomic E-state index is 10.1. The molecule has 1 saturated heterocycles. The van der Waals surface area contributed by atoms with Crippen LogP contribution in [0.1, 0.15) is 18.4 Å². The largest absolute Gasteiger partial charge is 0.388 e. The molecule has 1 atom stereocenters. The average molecular weight is 296 g/mol. The Labute approximate surface area is 119 Å². The molecule has 0 saturated carbocycles. The molecule has 2 aromatic rings. The van der Waals surface area contributed by atoms with Crippen molar-refractivity contribution in [3.8, 4) is 11.3 Å². The lowest BCUT2D eigenvalue weighted by Gasteiger charge is -2.19. The van der Waals surface area contributed by atoms with Gasteiger partial charge in [-0.1, -0.05) is 0 Å². The molecule has 3 rings (SSSR count). The maximum Gasteiger partial charge on any atom is 0.148 e. The van der Waals surface area contributed by atoms with Crippen LogP contribution in [0.25, 0.3) is 11.3 Å². The number of thiazole rings is 1. The van der Waals surface area contributed by atoms with Crippen LogP contribution in [0.5, 0.6) is 0 Å². The monoisotopic (exact) mass is 296 g/mol. The second kappa shape index (κ2) is 4.43. The van der Waals surface area contributed by atoms with Gasteiger partial charge in [0.05, 0.1) is 21.9 Å². The summed E-state index contributed by atoms with van der Waals surface area (Å²) in [6, 6.07) is 0. The quantitative estimate of drug-likeness (QED) is 0.888. The fourth-order valence-corrected chi connectivity index (χ4v) is 3.80. The molecule has 19 heavy (non-hydrogen) atoms. The lowest BCUT2D eigenvalue weighted by Crippen LogP contribution is -2.29. The Morgan fingerprint density at radius 2 is 2.32 bits per heavy atom. The number of hydrogen-bond acceptors (Lipinski definition) is 7. The molecule has 102 valence electrons. The highest BCUT2D eigenvalue weighted by Gasteiger charge is 2.34. The van der Waals surface area contributed by atoms with Crippen LogP contribution in [0.3, 0.4) is 0 Å². The molecule has 3 heterocycles. The van der Waals surface area contributed by atoms with Gasteiger partial charge >= 0.3 is 0 Å². The van der Waals surface area contributed by atoms with Gasteiger partial charge < -0.3 is 15.7 Å². The van der Waals surface area contributed by atoms with Gasteiger partial charge in [-0.05, 0) is 31.8 Å². The van der Waals surface area contributed by atoms with Crippen molar-refractivity contribution in [1.29, 1.82) is 0 Å². The van der Waals surface area contributed by atoms with E-state index in [9.17, 15) is 5.11 Å². The summed E-state index contributed by atoms with van der Waals surface area (Å²) in [6.45, 7) is 5.28. The van der Waals surface area contributed by atoms with Crippen LogP contribution in [0.15, 0.2) is 5.38 Å². The molecule has 1 aliphatic rings. The second-order valence-electron chi connectivity index (χ2n) is 5.17. The van der Waals surface area contributed by atoms with Gasteiger partial charge in [0.25, 0.3) is 0 Å². The molecule has 0 bridgehead atoms. The number of hydrogen-bond donors (Lipinski definition) is 2. The topological polar surface area (TPSA) is 75.3 Å². The van der Waals surface area contributed by atoms with Crippen LogP contribution in [0.2, 0.25) is 0 Å². The van der Waals surface area contributed by atoms with E-state index in [0.717, 1.165) is 34.2 Å². The van der Waals surface area contributed by atoms with Crippen molar-refractivity contribution >= 4 is 33.7 Å². The highest BCUT2D eigenvalue weighted by atomic mass is 32.1. The highest BCUT2D eigenvalue weighted by molar-refractivity contribution is 7.11. The van der Waals surface area contributed by atoms with Gasteiger partial charge in [0, 0.05) is 18.5 Å². The Kier molecular flexibility index (Phi) is 2.99. The molecule has 2 aromatic heterocycles. The molecule has 0 aromatic carbocycles. The first kappa shape index (κ1) is 12.8. The van der Waals surface area contributed by atoms with Gasteiger partial charge in [0.2, 0.25) is 0 Å². The summed E-state index contributed by atoms with van der Waals surface area (Å²) >= 11 is 2.99. The number of anilines is 2. The average Bonchev–Trinajstić information content (AvgIpc) is 2.98. The minimum atomic E-state index is -0.631. The third-order valence-electron chi connectivity index (χ3n) is 3.31. The summed E-state index contributed by atoms with van der Waals surface area (Å²) in [6.07, 6.45) is 0.764. The summed E-state index contributed by atoms with van der Waals surface area (Å²) in [5, 5.41) is 14.1. The summed E-state index contributed by atoms with van der Waals surface area (Å²) in [5.41, 5.74) is 7.16. The van der Waals surface area contributed by atoms with Crippen molar-refractivity contribution in [2.24, 2.45) is 0 Å². The zero-order chi connectivity index (χ0) is 13.6. The summed E-state index contributed by atoms with van der Waals surface area (Å²) in [4.78, 5) is 6.65. The van der Waals surface area contributed by atoms with Gasteiger partial charge in [-0.3, -0.25) is 0 Å². The van der Waals surface area contributed by atoms with Crippen LogP contribution in [-0.4, -0.2) is 33.2 Å². The second-order valence-corrected chi connectivity index (χ2v) is 6.98. The zero-order valence-electron chi connectivity index (χ0n) is 10.9. The molecule has 3 N–H and O–H groups in total. The van der Waals surface area contributed by atoms with Gasteiger partial charge in [-0.15, -0.1) is 11.3 Å². The zero-order valence-corrected chi connectivity index (χ0v) is 12.5. The standard InChI is InChI=1S/C12H16N4OS2/c1-7-14-8(5-18-7)9-10(13)15-19-11(9)16-4-3-12(2,17)6-16/h5,17H,3-4,6H2,1-2H3,(H2,13,15). The SMILES string of the molecule is Cc1nc(-c2c(N)nsc2N2CCC(C)(O)C2)cs1. The lowest BCUT2D eigenvalue weighted by molar-refractivity contribution is 0.0840. The molecule has 0 spiro atoms. The Morgan fingerprint density at radius 1 is 1.53 bits per heavy atom. The number of nitrogens with two attached hydrogens (primary N) is 1. The Balaban J connectivity index is 2.00. The number of β-amino-alcohol motifs (C(OH)–C–C–N with tert-alkyl or cyclic N) is 1. The van der Waals surface area contributed by atoms with E-state index in [1.165, 1.54) is 11.5 Å². The molecular formula is C12H16N4OS2. The normalized spacial score (nSPS) is 23.2. The molecule has 0 aliphatic carbocycles. The predicted molar refractivity (Wildman–Crippen MR) is 79.8 cm³/mol. The van der Waals surface area contributed by atoms with Crippen LogP contribution < -0.4 is 10.6 Å². The molecule has 1 aliphatic heterocycles.